The normalized spacial score (nSPS) is 22.2. The van der Waals surface area contributed by atoms with Crippen LogP contribution >= 0.6 is 0 Å². The van der Waals surface area contributed by atoms with Crippen molar-refractivity contribution in [2.75, 3.05) is 11.4 Å². The molecule has 1 spiro atoms. The number of hydrogen-bond donors (Lipinski definition) is 0. The van der Waals surface area contributed by atoms with Crippen molar-refractivity contribution in [1.82, 2.24) is 14.5 Å². The van der Waals surface area contributed by atoms with Gasteiger partial charge in [0.05, 0.1) is 11.8 Å². The van der Waals surface area contributed by atoms with Crippen LogP contribution in [0, 0.1) is 5.82 Å². The standard InChI is InChI=1S/C29H35FN4O2/c1-19(2)26-18-33-27(31-26)29(34(28(33)35)24-10-7-9-23(30)15-24)12-13-32(21(5)16-29)17-22-8-6-11-25(14-22)36-20(3)4/h6-11,14-15,18-21H,12-13,16-17H2,1-5H3/t21?,29-/m0/s1. The zero-order chi connectivity index (χ0) is 25.6. The fraction of sp³-hybridized carbons (Fsp3) is 0.448. The largest absolute Gasteiger partial charge is 0.491 e. The number of hydrogen-bond acceptors (Lipinski definition) is 4. The molecule has 3 heterocycles. The van der Waals surface area contributed by atoms with Crippen LogP contribution < -0.4 is 9.64 Å². The Hall–Kier alpha value is -3.19. The number of piperidine rings is 1. The van der Waals surface area contributed by atoms with E-state index in [1.807, 2.05) is 38.2 Å². The maximum absolute atomic E-state index is 14.2. The first-order valence-corrected chi connectivity index (χ1v) is 12.9. The van der Waals surface area contributed by atoms with Gasteiger partial charge in [0.15, 0.2) is 0 Å². The summed E-state index contributed by atoms with van der Waals surface area (Å²) in [6.07, 6.45) is 3.42. The van der Waals surface area contributed by atoms with Gasteiger partial charge in [0, 0.05) is 31.0 Å². The molecule has 1 aromatic heterocycles. The molecule has 0 N–H and O–H groups in total. The number of ether oxygens (including phenoxy) is 1. The van der Waals surface area contributed by atoms with Crippen LogP contribution in [0.15, 0.2) is 54.7 Å². The minimum atomic E-state index is -0.615. The first-order valence-electron chi connectivity index (χ1n) is 12.9. The summed E-state index contributed by atoms with van der Waals surface area (Å²) in [5.41, 5.74) is 2.07. The second-order valence-corrected chi connectivity index (χ2v) is 10.7. The molecule has 0 radical (unpaired) electrons. The quantitative estimate of drug-likeness (QED) is 0.407. The minimum Gasteiger partial charge on any atom is -0.491 e. The molecule has 1 fully saturated rings. The maximum Gasteiger partial charge on any atom is 0.335 e. The highest BCUT2D eigenvalue weighted by molar-refractivity contribution is 5.98. The van der Waals surface area contributed by atoms with Crippen LogP contribution in [0.25, 0.3) is 0 Å². The average molecular weight is 491 g/mol. The molecular formula is C29H35FN4O2. The lowest BCUT2D eigenvalue weighted by atomic mass is 9.81. The summed E-state index contributed by atoms with van der Waals surface area (Å²) in [5, 5.41) is 0. The summed E-state index contributed by atoms with van der Waals surface area (Å²) < 4.78 is 21.8. The van der Waals surface area contributed by atoms with Gasteiger partial charge in [-0.2, -0.15) is 0 Å². The average Bonchev–Trinajstić information content (AvgIpc) is 3.35. The minimum absolute atomic E-state index is 0.127. The number of carbonyl (C=O) groups is 1. The fourth-order valence-corrected chi connectivity index (χ4v) is 5.65. The third-order valence-electron chi connectivity index (χ3n) is 7.35. The molecule has 2 aromatic carbocycles. The van der Waals surface area contributed by atoms with Gasteiger partial charge in [-0.25, -0.2) is 14.2 Å². The Kier molecular flexibility index (Phi) is 6.37. The van der Waals surface area contributed by atoms with Crippen molar-refractivity contribution >= 4 is 11.7 Å². The Bertz CT molecular complexity index is 1270. The summed E-state index contributed by atoms with van der Waals surface area (Å²) in [5.74, 6) is 1.52. The van der Waals surface area contributed by atoms with Crippen LogP contribution in [0.1, 0.15) is 70.5 Å². The monoisotopic (exact) mass is 490 g/mol. The number of fused-ring (bicyclic) bond motifs is 2. The Morgan fingerprint density at radius 3 is 2.61 bits per heavy atom. The Labute approximate surface area is 212 Å². The number of anilines is 1. The van der Waals surface area contributed by atoms with E-state index >= 15 is 0 Å². The van der Waals surface area contributed by atoms with Gasteiger partial charge >= 0.3 is 6.03 Å². The Balaban J connectivity index is 1.46. The van der Waals surface area contributed by atoms with Gasteiger partial charge in [-0.3, -0.25) is 14.4 Å². The smallest absolute Gasteiger partial charge is 0.335 e. The predicted molar refractivity (Wildman–Crippen MR) is 139 cm³/mol. The van der Waals surface area contributed by atoms with Gasteiger partial charge in [-0.15, -0.1) is 0 Å². The van der Waals surface area contributed by atoms with E-state index in [0.29, 0.717) is 12.1 Å². The van der Waals surface area contributed by atoms with Crippen LogP contribution in [0.3, 0.4) is 0 Å². The number of nitrogens with zero attached hydrogens (tertiary/aromatic N) is 4. The van der Waals surface area contributed by atoms with Crippen molar-refractivity contribution in [2.24, 2.45) is 0 Å². The second kappa shape index (κ2) is 9.36. The third-order valence-corrected chi connectivity index (χ3v) is 7.35. The van der Waals surface area contributed by atoms with E-state index in [1.54, 1.807) is 15.5 Å². The van der Waals surface area contributed by atoms with Crippen molar-refractivity contribution in [2.45, 2.75) is 77.6 Å². The number of carbonyl (C=O) groups excluding carboxylic acids is 1. The zero-order valence-corrected chi connectivity index (χ0v) is 21.7. The molecule has 0 bridgehead atoms. The van der Waals surface area contributed by atoms with Crippen LogP contribution in [0.4, 0.5) is 14.9 Å². The number of likely N-dealkylation sites (tertiary alicyclic amines) is 1. The molecule has 0 aliphatic carbocycles. The Morgan fingerprint density at radius 2 is 1.92 bits per heavy atom. The summed E-state index contributed by atoms with van der Waals surface area (Å²) in [6, 6.07) is 14.6. The van der Waals surface area contributed by atoms with E-state index in [1.165, 1.54) is 17.7 Å². The van der Waals surface area contributed by atoms with Crippen molar-refractivity contribution in [1.29, 1.82) is 0 Å². The second-order valence-electron chi connectivity index (χ2n) is 10.7. The molecule has 3 aromatic rings. The van der Waals surface area contributed by atoms with E-state index in [-0.39, 0.29) is 29.9 Å². The number of aromatic nitrogens is 2. The molecule has 190 valence electrons. The maximum atomic E-state index is 14.2. The van der Waals surface area contributed by atoms with Crippen molar-refractivity contribution in [3.05, 3.63) is 77.6 Å². The third kappa shape index (κ3) is 4.30. The van der Waals surface area contributed by atoms with Gasteiger partial charge in [0.1, 0.15) is 22.9 Å². The summed E-state index contributed by atoms with van der Waals surface area (Å²) in [7, 11) is 0. The van der Waals surface area contributed by atoms with Crippen molar-refractivity contribution in [3.8, 4) is 5.75 Å². The molecule has 1 amide bonds. The molecule has 36 heavy (non-hydrogen) atoms. The van der Waals surface area contributed by atoms with E-state index in [4.69, 9.17) is 9.72 Å². The number of rotatable bonds is 6. The topological polar surface area (TPSA) is 50.6 Å². The van der Waals surface area contributed by atoms with Crippen molar-refractivity contribution < 1.29 is 13.9 Å². The first-order chi connectivity index (χ1) is 17.2. The van der Waals surface area contributed by atoms with Crippen LogP contribution in [-0.4, -0.2) is 39.2 Å². The zero-order valence-electron chi connectivity index (χ0n) is 21.7. The van der Waals surface area contributed by atoms with Crippen LogP contribution in [0.2, 0.25) is 0 Å². The highest BCUT2D eigenvalue weighted by Gasteiger charge is 2.55. The van der Waals surface area contributed by atoms with E-state index in [0.717, 1.165) is 36.8 Å². The van der Waals surface area contributed by atoms with E-state index in [9.17, 15) is 9.18 Å². The molecule has 2 atom stereocenters. The van der Waals surface area contributed by atoms with Gasteiger partial charge in [-0.05, 0) is 75.4 Å². The number of benzene rings is 2. The predicted octanol–water partition coefficient (Wildman–Crippen LogP) is 6.30. The number of imidazole rings is 1. The molecule has 0 saturated carbocycles. The Morgan fingerprint density at radius 1 is 1.14 bits per heavy atom. The summed E-state index contributed by atoms with van der Waals surface area (Å²) in [4.78, 5) is 22.9. The highest BCUT2D eigenvalue weighted by atomic mass is 19.1. The lowest BCUT2D eigenvalue weighted by Gasteiger charge is -2.47. The molecule has 2 aliphatic heterocycles. The SMILES string of the molecule is CC(C)Oc1cccc(CN2CC[C@]3(CC2C)c2nc(C(C)C)cn2C(=O)N3c2cccc(F)c2)c1. The first kappa shape index (κ1) is 24.5. The molecule has 2 aliphatic rings. The molecular weight excluding hydrogens is 455 g/mol. The summed E-state index contributed by atoms with van der Waals surface area (Å²) in [6.45, 7) is 12.0. The highest BCUT2D eigenvalue weighted by Crippen LogP contribution is 2.48. The van der Waals surface area contributed by atoms with Crippen LogP contribution in [-0.2, 0) is 12.1 Å². The van der Waals surface area contributed by atoms with E-state index < -0.39 is 5.54 Å². The van der Waals surface area contributed by atoms with Gasteiger partial charge in [0.25, 0.3) is 0 Å². The fourth-order valence-electron chi connectivity index (χ4n) is 5.65. The lowest BCUT2D eigenvalue weighted by molar-refractivity contribution is 0.0966. The molecule has 6 nitrogen and oxygen atoms in total. The van der Waals surface area contributed by atoms with Crippen LogP contribution in [0.5, 0.6) is 5.75 Å². The molecule has 1 saturated heterocycles. The number of halogens is 1. The molecule has 1 unspecified atom stereocenters. The number of amides is 1. The van der Waals surface area contributed by atoms with Gasteiger partial charge < -0.3 is 4.74 Å². The van der Waals surface area contributed by atoms with Gasteiger partial charge in [0.2, 0.25) is 0 Å². The molecule has 5 rings (SSSR count). The van der Waals surface area contributed by atoms with E-state index in [2.05, 4.69) is 37.8 Å². The lowest BCUT2D eigenvalue weighted by Crippen LogP contribution is -2.55. The molecule has 7 heteroatoms. The van der Waals surface area contributed by atoms with Crippen molar-refractivity contribution in [3.63, 3.8) is 0 Å². The van der Waals surface area contributed by atoms with Gasteiger partial charge in [-0.1, -0.05) is 32.0 Å². The summed E-state index contributed by atoms with van der Waals surface area (Å²) >= 11 is 0.